The Bertz CT molecular complexity index is 458. The maximum absolute atomic E-state index is 11.7. The van der Waals surface area contributed by atoms with Crippen molar-refractivity contribution in [3.05, 3.63) is 27.7 Å². The average Bonchev–Trinajstić information content (AvgIpc) is 3.14. The highest BCUT2D eigenvalue weighted by Crippen LogP contribution is 2.33. The van der Waals surface area contributed by atoms with Gasteiger partial charge in [0, 0.05) is 11.1 Å². The molecule has 0 aliphatic carbocycles. The lowest BCUT2D eigenvalue weighted by molar-refractivity contribution is 0.0526. The van der Waals surface area contributed by atoms with Crippen molar-refractivity contribution in [2.24, 2.45) is 0 Å². The van der Waals surface area contributed by atoms with E-state index >= 15 is 0 Å². The molecule has 4 nitrogen and oxygen atoms in total. The van der Waals surface area contributed by atoms with Crippen molar-refractivity contribution in [3.63, 3.8) is 0 Å². The van der Waals surface area contributed by atoms with E-state index in [1.54, 1.807) is 13.0 Å². The second-order valence-corrected chi connectivity index (χ2v) is 4.57. The number of esters is 1. The van der Waals surface area contributed by atoms with Crippen LogP contribution >= 0.6 is 23.2 Å². The molecule has 6 heteroatoms. The lowest BCUT2D eigenvalue weighted by Crippen LogP contribution is -2.08. The molecule has 18 heavy (non-hydrogen) atoms. The van der Waals surface area contributed by atoms with Crippen LogP contribution in [0.15, 0.2) is 12.1 Å². The number of carbonyl (C=O) groups excluding carboxylic acids is 1. The molecule has 1 unspecified atom stereocenters. The highest BCUT2D eigenvalue weighted by Gasteiger charge is 2.24. The van der Waals surface area contributed by atoms with Crippen LogP contribution in [0.25, 0.3) is 0 Å². The van der Waals surface area contributed by atoms with Crippen LogP contribution in [0, 0.1) is 0 Å². The minimum Gasteiger partial charge on any atom is -0.489 e. The van der Waals surface area contributed by atoms with E-state index < -0.39 is 5.97 Å². The predicted molar refractivity (Wildman–Crippen MR) is 67.7 cm³/mol. The molecule has 0 spiro atoms. The number of benzene rings is 1. The number of ether oxygens (including phenoxy) is 3. The second-order valence-electron chi connectivity index (χ2n) is 3.75. The van der Waals surface area contributed by atoms with Crippen molar-refractivity contribution in [2.75, 3.05) is 19.8 Å². The van der Waals surface area contributed by atoms with E-state index in [4.69, 9.17) is 37.4 Å². The van der Waals surface area contributed by atoms with Gasteiger partial charge in [-0.25, -0.2) is 4.79 Å². The third kappa shape index (κ3) is 3.28. The number of carbonyl (C=O) groups is 1. The zero-order valence-corrected chi connectivity index (χ0v) is 11.3. The minimum atomic E-state index is -0.516. The van der Waals surface area contributed by atoms with Crippen LogP contribution in [0.5, 0.6) is 5.75 Å². The standard InChI is InChI=1S/C12H12Cl2O4/c1-2-16-12(15)9-3-7(13)4-10(11(9)14)18-6-8-5-17-8/h3-4,8H,2,5-6H2,1H3. The first-order chi connectivity index (χ1) is 8.61. The van der Waals surface area contributed by atoms with Crippen molar-refractivity contribution in [1.82, 2.24) is 0 Å². The zero-order chi connectivity index (χ0) is 13.1. The smallest absolute Gasteiger partial charge is 0.339 e. The van der Waals surface area contributed by atoms with Gasteiger partial charge in [-0.15, -0.1) is 0 Å². The molecule has 1 heterocycles. The summed E-state index contributed by atoms with van der Waals surface area (Å²) in [6, 6.07) is 3.03. The van der Waals surface area contributed by atoms with Crippen LogP contribution in [-0.4, -0.2) is 31.9 Å². The molecule has 0 amide bonds. The van der Waals surface area contributed by atoms with Gasteiger partial charge in [-0.2, -0.15) is 0 Å². The Hall–Kier alpha value is -0.970. The van der Waals surface area contributed by atoms with Crippen molar-refractivity contribution < 1.29 is 19.0 Å². The first-order valence-electron chi connectivity index (χ1n) is 5.52. The number of hydrogen-bond acceptors (Lipinski definition) is 4. The maximum atomic E-state index is 11.7. The fourth-order valence-corrected chi connectivity index (χ4v) is 1.82. The first-order valence-corrected chi connectivity index (χ1v) is 6.28. The lowest BCUT2D eigenvalue weighted by atomic mass is 10.2. The van der Waals surface area contributed by atoms with Crippen LogP contribution in [-0.2, 0) is 9.47 Å². The summed E-state index contributed by atoms with van der Waals surface area (Å²) in [4.78, 5) is 11.7. The van der Waals surface area contributed by atoms with Crippen molar-refractivity contribution >= 4 is 29.2 Å². The van der Waals surface area contributed by atoms with E-state index in [-0.39, 0.29) is 23.3 Å². The normalized spacial score (nSPS) is 17.4. The van der Waals surface area contributed by atoms with Crippen molar-refractivity contribution in [3.8, 4) is 5.75 Å². The summed E-state index contributed by atoms with van der Waals surface area (Å²) in [5, 5.41) is 0.577. The fourth-order valence-electron chi connectivity index (χ4n) is 1.37. The molecular weight excluding hydrogens is 279 g/mol. The quantitative estimate of drug-likeness (QED) is 0.618. The molecule has 0 aromatic heterocycles. The Morgan fingerprint density at radius 1 is 1.50 bits per heavy atom. The van der Waals surface area contributed by atoms with Gasteiger partial charge in [-0.3, -0.25) is 0 Å². The third-order valence-corrected chi connectivity index (χ3v) is 2.93. The molecule has 1 fully saturated rings. The summed E-state index contributed by atoms with van der Waals surface area (Å²) >= 11 is 12.0. The molecular formula is C12H12Cl2O4. The predicted octanol–water partition coefficient (Wildman–Crippen LogP) is 2.95. The minimum absolute atomic E-state index is 0.103. The zero-order valence-electron chi connectivity index (χ0n) is 9.74. The maximum Gasteiger partial charge on any atom is 0.339 e. The van der Waals surface area contributed by atoms with Crippen LogP contribution in [0.4, 0.5) is 0 Å². The summed E-state index contributed by atoms with van der Waals surface area (Å²) < 4.78 is 15.4. The van der Waals surface area contributed by atoms with Gasteiger partial charge in [0.2, 0.25) is 0 Å². The number of hydrogen-bond donors (Lipinski definition) is 0. The SMILES string of the molecule is CCOC(=O)c1cc(Cl)cc(OCC2CO2)c1Cl. The Morgan fingerprint density at radius 2 is 2.22 bits per heavy atom. The van der Waals surface area contributed by atoms with Crippen LogP contribution < -0.4 is 4.74 Å². The molecule has 1 aromatic rings. The van der Waals surface area contributed by atoms with Crippen molar-refractivity contribution in [1.29, 1.82) is 0 Å². The van der Waals surface area contributed by atoms with Gasteiger partial charge < -0.3 is 14.2 Å². The number of epoxide rings is 1. The lowest BCUT2D eigenvalue weighted by Gasteiger charge is -2.10. The van der Waals surface area contributed by atoms with Crippen molar-refractivity contribution in [2.45, 2.75) is 13.0 Å². The second kappa shape index (κ2) is 5.78. The summed E-state index contributed by atoms with van der Waals surface area (Å²) in [7, 11) is 0. The Balaban J connectivity index is 2.20. The summed E-state index contributed by atoms with van der Waals surface area (Å²) in [6.07, 6.45) is 0.103. The van der Waals surface area contributed by atoms with E-state index in [1.807, 2.05) is 0 Å². The number of rotatable bonds is 5. The average molecular weight is 291 g/mol. The molecule has 2 rings (SSSR count). The van der Waals surface area contributed by atoms with Gasteiger partial charge in [-0.1, -0.05) is 23.2 Å². The highest BCUT2D eigenvalue weighted by atomic mass is 35.5. The molecule has 1 atom stereocenters. The van der Waals surface area contributed by atoms with Gasteiger partial charge in [0.1, 0.15) is 18.5 Å². The molecule has 1 aliphatic heterocycles. The fraction of sp³-hybridized carbons (Fsp3) is 0.417. The largest absolute Gasteiger partial charge is 0.489 e. The van der Waals surface area contributed by atoms with E-state index in [9.17, 15) is 4.79 Å². The van der Waals surface area contributed by atoms with Gasteiger partial charge in [0.25, 0.3) is 0 Å². The molecule has 1 aliphatic rings. The van der Waals surface area contributed by atoms with Gasteiger partial charge in [0.15, 0.2) is 0 Å². The van der Waals surface area contributed by atoms with Crippen LogP contribution in [0.2, 0.25) is 10.0 Å². The Morgan fingerprint density at radius 3 is 2.83 bits per heavy atom. The Kier molecular flexibility index (Phi) is 4.32. The molecule has 0 radical (unpaired) electrons. The molecule has 1 saturated heterocycles. The summed E-state index contributed by atoms with van der Waals surface area (Å²) in [5.74, 6) is -0.153. The molecule has 98 valence electrons. The number of halogens is 2. The van der Waals surface area contributed by atoms with E-state index in [0.717, 1.165) is 0 Å². The van der Waals surface area contributed by atoms with E-state index in [2.05, 4.69) is 0 Å². The molecule has 0 bridgehead atoms. The van der Waals surface area contributed by atoms with Crippen LogP contribution in [0.1, 0.15) is 17.3 Å². The molecule has 0 N–H and O–H groups in total. The third-order valence-electron chi connectivity index (χ3n) is 2.33. The van der Waals surface area contributed by atoms with Gasteiger partial charge in [0.05, 0.1) is 23.8 Å². The molecule has 0 saturated carbocycles. The highest BCUT2D eigenvalue weighted by molar-refractivity contribution is 6.37. The van der Waals surface area contributed by atoms with Gasteiger partial charge in [-0.05, 0) is 13.0 Å². The molecule has 1 aromatic carbocycles. The van der Waals surface area contributed by atoms with E-state index in [1.165, 1.54) is 6.07 Å². The summed E-state index contributed by atoms with van der Waals surface area (Å²) in [5.41, 5.74) is 0.206. The van der Waals surface area contributed by atoms with E-state index in [0.29, 0.717) is 24.0 Å². The topological polar surface area (TPSA) is 48.1 Å². The first kappa shape index (κ1) is 13.5. The monoisotopic (exact) mass is 290 g/mol. The van der Waals surface area contributed by atoms with Gasteiger partial charge >= 0.3 is 5.97 Å². The Labute approximate surface area is 115 Å². The summed E-state index contributed by atoms with van der Waals surface area (Å²) in [6.45, 7) is 3.07. The van der Waals surface area contributed by atoms with Crippen LogP contribution in [0.3, 0.4) is 0 Å².